The molecule has 0 fully saturated rings. The summed E-state index contributed by atoms with van der Waals surface area (Å²) in [5, 5.41) is 10.4. The number of halogens is 3. The molecule has 1 amide bonds. The Morgan fingerprint density at radius 3 is 2.63 bits per heavy atom. The average Bonchev–Trinajstić information content (AvgIpc) is 2.96. The van der Waals surface area contributed by atoms with Crippen LogP contribution in [0.3, 0.4) is 0 Å². The third-order valence-electron chi connectivity index (χ3n) is 6.07. The molecule has 3 aromatic rings. The van der Waals surface area contributed by atoms with E-state index >= 15 is 0 Å². The minimum Gasteiger partial charge on any atom is -0.487 e. The number of benzene rings is 3. The second kappa shape index (κ2) is 15.3. The van der Waals surface area contributed by atoms with E-state index in [1.807, 2.05) is 6.07 Å². The molecule has 43 heavy (non-hydrogen) atoms. The van der Waals surface area contributed by atoms with Crippen LogP contribution in [-0.4, -0.2) is 36.4 Å². The number of esters is 1. The number of rotatable bonds is 11. The lowest BCUT2D eigenvalue weighted by Gasteiger charge is -2.30. The van der Waals surface area contributed by atoms with Crippen molar-refractivity contribution < 1.29 is 28.2 Å². The molecule has 3 aromatic carbocycles. The smallest absolute Gasteiger partial charge is 0.338 e. The van der Waals surface area contributed by atoms with Crippen LogP contribution in [0.15, 0.2) is 81.5 Å². The molecule has 1 atom stereocenters. The van der Waals surface area contributed by atoms with Crippen molar-refractivity contribution in [2.45, 2.75) is 26.5 Å². The first kappa shape index (κ1) is 32.4. The standard InChI is InChI=1S/C30H27BrFIN4O5S/c1-3-40-29(39)26-17(2)35-30(43)36-27(26)21-6-4-5-7-24(21)41-16-25(38)37-34-14-19-12-22(31)28(23(33)13-19)42-15-18-8-10-20(32)11-9-18/h4-14,27H,3,15-16H2,1-2H3,(H,37,38)(H2,35,36,43)/t27-/m1/s1. The SMILES string of the molecule is CCOC(=O)C1=C(C)NC(=S)N[C@@H]1c1ccccc1OCC(=O)NN=Cc1cc(Br)c(OCc2ccc(F)cc2)c(I)c1. The largest absolute Gasteiger partial charge is 0.487 e. The predicted molar refractivity (Wildman–Crippen MR) is 176 cm³/mol. The number of thiocarbonyl (C=S) groups is 1. The second-order valence-electron chi connectivity index (χ2n) is 9.14. The Labute approximate surface area is 275 Å². The van der Waals surface area contributed by atoms with Gasteiger partial charge >= 0.3 is 5.97 Å². The van der Waals surface area contributed by atoms with Gasteiger partial charge in [0.05, 0.1) is 32.5 Å². The van der Waals surface area contributed by atoms with Gasteiger partial charge in [-0.2, -0.15) is 5.10 Å². The molecule has 1 aliphatic rings. The van der Waals surface area contributed by atoms with E-state index in [4.69, 9.17) is 26.4 Å². The Morgan fingerprint density at radius 2 is 1.91 bits per heavy atom. The molecule has 0 unspecified atom stereocenters. The lowest BCUT2D eigenvalue weighted by atomic mass is 9.95. The van der Waals surface area contributed by atoms with Crippen LogP contribution in [0, 0.1) is 9.39 Å². The molecule has 1 aliphatic heterocycles. The van der Waals surface area contributed by atoms with Gasteiger partial charge in [-0.3, -0.25) is 4.79 Å². The van der Waals surface area contributed by atoms with Gasteiger partial charge in [-0.1, -0.05) is 30.3 Å². The van der Waals surface area contributed by atoms with Crippen LogP contribution in [-0.2, 0) is 20.9 Å². The number of ether oxygens (including phenoxy) is 3. The highest BCUT2D eigenvalue weighted by molar-refractivity contribution is 14.1. The fourth-order valence-corrected chi connectivity index (χ4v) is 6.18. The molecule has 13 heteroatoms. The zero-order chi connectivity index (χ0) is 30.9. The second-order valence-corrected chi connectivity index (χ2v) is 11.6. The van der Waals surface area contributed by atoms with E-state index in [0.29, 0.717) is 37.9 Å². The number of nitrogens with zero attached hydrogens (tertiary/aromatic N) is 1. The first-order valence-corrected chi connectivity index (χ1v) is 15.3. The molecule has 0 saturated heterocycles. The van der Waals surface area contributed by atoms with Crippen LogP contribution in [0.25, 0.3) is 0 Å². The summed E-state index contributed by atoms with van der Waals surface area (Å²) in [7, 11) is 0. The van der Waals surface area contributed by atoms with Gasteiger partial charge < -0.3 is 24.8 Å². The Bertz CT molecular complexity index is 1560. The number of carbonyl (C=O) groups excluding carboxylic acids is 2. The Hall–Kier alpha value is -3.56. The zero-order valence-corrected chi connectivity index (χ0v) is 27.6. The molecule has 9 nitrogen and oxygen atoms in total. The maximum absolute atomic E-state index is 13.1. The van der Waals surface area contributed by atoms with Crippen LogP contribution in [0.5, 0.6) is 11.5 Å². The molecular weight excluding hydrogens is 754 g/mol. The molecule has 4 rings (SSSR count). The van der Waals surface area contributed by atoms with E-state index in [9.17, 15) is 14.0 Å². The highest BCUT2D eigenvalue weighted by atomic mass is 127. The van der Waals surface area contributed by atoms with Crippen molar-refractivity contribution in [3.63, 3.8) is 0 Å². The maximum atomic E-state index is 13.1. The monoisotopic (exact) mass is 780 g/mol. The van der Waals surface area contributed by atoms with Crippen molar-refractivity contribution in [3.05, 3.63) is 102 Å². The lowest BCUT2D eigenvalue weighted by Crippen LogP contribution is -2.45. The topological polar surface area (TPSA) is 110 Å². The van der Waals surface area contributed by atoms with Crippen LogP contribution in [0.4, 0.5) is 4.39 Å². The highest BCUT2D eigenvalue weighted by Gasteiger charge is 2.32. The summed E-state index contributed by atoms with van der Waals surface area (Å²) < 4.78 is 31.7. The molecule has 0 bridgehead atoms. The van der Waals surface area contributed by atoms with Crippen molar-refractivity contribution in [2.75, 3.05) is 13.2 Å². The van der Waals surface area contributed by atoms with Crippen molar-refractivity contribution in [1.29, 1.82) is 0 Å². The van der Waals surface area contributed by atoms with Gasteiger partial charge in [-0.25, -0.2) is 14.6 Å². The number of carbonyl (C=O) groups is 2. The van der Waals surface area contributed by atoms with Gasteiger partial charge in [-0.15, -0.1) is 0 Å². The first-order valence-electron chi connectivity index (χ1n) is 13.0. The molecule has 0 aliphatic carbocycles. The summed E-state index contributed by atoms with van der Waals surface area (Å²) >= 11 is 11.0. The summed E-state index contributed by atoms with van der Waals surface area (Å²) in [5.41, 5.74) is 5.57. The minimum atomic E-state index is -0.631. The van der Waals surface area contributed by atoms with Crippen molar-refractivity contribution in [2.24, 2.45) is 5.10 Å². The maximum Gasteiger partial charge on any atom is 0.338 e. The van der Waals surface area contributed by atoms with E-state index < -0.39 is 17.9 Å². The molecule has 1 heterocycles. The number of allylic oxidation sites excluding steroid dienone is 1. The number of hydrogen-bond acceptors (Lipinski definition) is 7. The predicted octanol–water partition coefficient (Wildman–Crippen LogP) is 5.66. The van der Waals surface area contributed by atoms with Crippen molar-refractivity contribution in [3.8, 4) is 11.5 Å². The number of para-hydroxylation sites is 1. The first-order chi connectivity index (χ1) is 20.7. The van der Waals surface area contributed by atoms with Gasteiger partial charge in [0, 0.05) is 11.3 Å². The van der Waals surface area contributed by atoms with E-state index in [0.717, 1.165) is 14.7 Å². The summed E-state index contributed by atoms with van der Waals surface area (Å²) in [5.74, 6) is -0.233. The average molecular weight is 781 g/mol. The van der Waals surface area contributed by atoms with E-state index in [2.05, 4.69) is 59.7 Å². The highest BCUT2D eigenvalue weighted by Crippen LogP contribution is 2.34. The third kappa shape index (κ3) is 8.74. The third-order valence-corrected chi connectivity index (χ3v) is 7.68. The summed E-state index contributed by atoms with van der Waals surface area (Å²) in [6.45, 7) is 3.66. The Kier molecular flexibility index (Phi) is 11.5. The fourth-order valence-electron chi connectivity index (χ4n) is 4.14. The molecule has 3 N–H and O–H groups in total. The van der Waals surface area contributed by atoms with Gasteiger partial charge in [0.1, 0.15) is 23.9 Å². The zero-order valence-electron chi connectivity index (χ0n) is 23.1. The van der Waals surface area contributed by atoms with Crippen LogP contribution in [0.2, 0.25) is 0 Å². The molecule has 0 saturated carbocycles. The molecule has 0 spiro atoms. The Morgan fingerprint density at radius 1 is 1.16 bits per heavy atom. The van der Waals surface area contributed by atoms with E-state index in [1.165, 1.54) is 18.3 Å². The quantitative estimate of drug-likeness (QED) is 0.0753. The summed E-state index contributed by atoms with van der Waals surface area (Å²) in [6, 6.07) is 16.2. The van der Waals surface area contributed by atoms with E-state index in [-0.39, 0.29) is 25.6 Å². The van der Waals surface area contributed by atoms with Gasteiger partial charge in [0.15, 0.2) is 11.7 Å². The summed E-state index contributed by atoms with van der Waals surface area (Å²) in [6.07, 6.45) is 1.50. The van der Waals surface area contributed by atoms with Crippen LogP contribution >= 0.6 is 50.7 Å². The Balaban J connectivity index is 1.37. The number of amides is 1. The van der Waals surface area contributed by atoms with Crippen molar-refractivity contribution in [1.82, 2.24) is 16.1 Å². The number of hydrogen-bond donors (Lipinski definition) is 3. The number of nitrogens with one attached hydrogen (secondary N) is 3. The van der Waals surface area contributed by atoms with Crippen LogP contribution in [0.1, 0.15) is 36.6 Å². The molecule has 0 radical (unpaired) electrons. The summed E-state index contributed by atoms with van der Waals surface area (Å²) in [4.78, 5) is 25.3. The normalized spacial score (nSPS) is 14.6. The molecule has 0 aromatic heterocycles. The van der Waals surface area contributed by atoms with Gasteiger partial charge in [-0.05, 0) is 106 Å². The molecule has 224 valence electrons. The number of hydrazone groups is 1. The fraction of sp³-hybridized carbons (Fsp3) is 0.200. The van der Waals surface area contributed by atoms with E-state index in [1.54, 1.807) is 56.3 Å². The molecular formula is C30H27BrFIN4O5S. The van der Waals surface area contributed by atoms with Crippen LogP contribution < -0.4 is 25.5 Å². The lowest BCUT2D eigenvalue weighted by molar-refractivity contribution is -0.139. The van der Waals surface area contributed by atoms with Gasteiger partial charge in [0.2, 0.25) is 0 Å². The minimum absolute atomic E-state index is 0.219. The van der Waals surface area contributed by atoms with Crippen molar-refractivity contribution >= 4 is 73.9 Å². The van der Waals surface area contributed by atoms with Gasteiger partial charge in [0.25, 0.3) is 5.91 Å².